The van der Waals surface area contributed by atoms with Crippen LogP contribution in [0.4, 0.5) is 0 Å². The number of methoxy groups -OCH3 is 1. The first-order valence-electron chi connectivity index (χ1n) is 7.03. The molecule has 1 fully saturated rings. The molecule has 2 atom stereocenters. The number of hydrogen-bond acceptors (Lipinski definition) is 3. The molecule has 0 amide bonds. The molecule has 1 aliphatic rings. The Morgan fingerprint density at radius 3 is 2.63 bits per heavy atom. The summed E-state index contributed by atoms with van der Waals surface area (Å²) in [5, 5.41) is 13.8. The third-order valence-corrected chi connectivity index (χ3v) is 3.85. The van der Waals surface area contributed by atoms with E-state index < -0.39 is 6.10 Å². The summed E-state index contributed by atoms with van der Waals surface area (Å²) in [4.78, 5) is 0. The topological polar surface area (TPSA) is 41.5 Å². The molecule has 3 nitrogen and oxygen atoms in total. The maximum Gasteiger partial charge on any atom is 0.122 e. The van der Waals surface area contributed by atoms with Gasteiger partial charge in [0.1, 0.15) is 5.75 Å². The van der Waals surface area contributed by atoms with Gasteiger partial charge in [-0.3, -0.25) is 0 Å². The monoisotopic (exact) mass is 263 g/mol. The second-order valence-electron chi connectivity index (χ2n) is 6.36. The highest BCUT2D eigenvalue weighted by atomic mass is 16.5. The van der Waals surface area contributed by atoms with E-state index in [0.717, 1.165) is 36.3 Å². The smallest absolute Gasteiger partial charge is 0.122 e. The van der Waals surface area contributed by atoms with Gasteiger partial charge in [0.15, 0.2) is 0 Å². The van der Waals surface area contributed by atoms with Gasteiger partial charge in [-0.1, -0.05) is 26.8 Å². The Bertz CT molecular complexity index is 431. The molecule has 1 saturated heterocycles. The summed E-state index contributed by atoms with van der Waals surface area (Å²) in [6, 6.07) is 6.21. The van der Waals surface area contributed by atoms with Gasteiger partial charge in [-0.2, -0.15) is 0 Å². The molecule has 19 heavy (non-hydrogen) atoms. The lowest BCUT2D eigenvalue weighted by Gasteiger charge is -2.25. The fraction of sp³-hybridized carbons (Fsp3) is 0.625. The number of aliphatic hydroxyl groups is 1. The van der Waals surface area contributed by atoms with Gasteiger partial charge < -0.3 is 15.2 Å². The predicted molar refractivity (Wildman–Crippen MR) is 77.7 cm³/mol. The zero-order valence-electron chi connectivity index (χ0n) is 12.4. The molecule has 2 unspecified atom stereocenters. The zero-order valence-corrected chi connectivity index (χ0v) is 12.4. The minimum Gasteiger partial charge on any atom is -0.496 e. The SMILES string of the molecule is COc1ccc(C(O)C2CCCN2)cc1C(C)(C)C. The van der Waals surface area contributed by atoms with Crippen molar-refractivity contribution in [2.24, 2.45) is 0 Å². The van der Waals surface area contributed by atoms with Crippen LogP contribution in [0, 0.1) is 0 Å². The van der Waals surface area contributed by atoms with Crippen LogP contribution < -0.4 is 10.1 Å². The summed E-state index contributed by atoms with van der Waals surface area (Å²) in [5.74, 6) is 0.892. The molecule has 0 aliphatic carbocycles. The van der Waals surface area contributed by atoms with E-state index >= 15 is 0 Å². The molecule has 3 heteroatoms. The largest absolute Gasteiger partial charge is 0.496 e. The van der Waals surface area contributed by atoms with E-state index in [4.69, 9.17) is 4.74 Å². The number of aliphatic hydroxyl groups excluding tert-OH is 1. The molecule has 0 bridgehead atoms. The highest BCUT2D eigenvalue weighted by molar-refractivity contribution is 5.42. The summed E-state index contributed by atoms with van der Waals surface area (Å²) in [6.07, 6.45) is 1.75. The fourth-order valence-electron chi connectivity index (χ4n) is 2.71. The van der Waals surface area contributed by atoms with Crippen molar-refractivity contribution in [3.63, 3.8) is 0 Å². The highest BCUT2D eigenvalue weighted by Gasteiger charge is 2.26. The maximum atomic E-state index is 10.5. The van der Waals surface area contributed by atoms with Crippen LogP contribution in [0.1, 0.15) is 50.8 Å². The molecule has 2 N–H and O–H groups in total. The van der Waals surface area contributed by atoms with Crippen molar-refractivity contribution in [3.05, 3.63) is 29.3 Å². The van der Waals surface area contributed by atoms with E-state index in [2.05, 4.69) is 32.2 Å². The summed E-state index contributed by atoms with van der Waals surface area (Å²) >= 11 is 0. The summed E-state index contributed by atoms with van der Waals surface area (Å²) in [5.41, 5.74) is 2.12. The average molecular weight is 263 g/mol. The van der Waals surface area contributed by atoms with Crippen LogP contribution in [0.2, 0.25) is 0 Å². The van der Waals surface area contributed by atoms with E-state index in [0.29, 0.717) is 0 Å². The van der Waals surface area contributed by atoms with Crippen molar-refractivity contribution in [3.8, 4) is 5.75 Å². The maximum absolute atomic E-state index is 10.5. The van der Waals surface area contributed by atoms with Gasteiger partial charge in [-0.25, -0.2) is 0 Å². The number of hydrogen-bond donors (Lipinski definition) is 2. The molecule has 1 aromatic rings. The van der Waals surface area contributed by atoms with E-state index in [-0.39, 0.29) is 11.5 Å². The van der Waals surface area contributed by atoms with Crippen molar-refractivity contribution in [1.29, 1.82) is 0 Å². The van der Waals surface area contributed by atoms with Crippen molar-refractivity contribution in [1.82, 2.24) is 5.32 Å². The van der Waals surface area contributed by atoms with Gasteiger partial charge in [0.25, 0.3) is 0 Å². The van der Waals surface area contributed by atoms with Crippen molar-refractivity contribution < 1.29 is 9.84 Å². The first-order valence-corrected chi connectivity index (χ1v) is 7.03. The van der Waals surface area contributed by atoms with Gasteiger partial charge in [-0.15, -0.1) is 0 Å². The molecule has 106 valence electrons. The van der Waals surface area contributed by atoms with Crippen molar-refractivity contribution in [2.75, 3.05) is 13.7 Å². The average Bonchev–Trinajstić information content (AvgIpc) is 2.90. The first kappa shape index (κ1) is 14.4. The van der Waals surface area contributed by atoms with Crippen molar-refractivity contribution in [2.45, 2.75) is 51.2 Å². The lowest BCUT2D eigenvalue weighted by molar-refractivity contribution is 0.137. The first-order chi connectivity index (χ1) is 8.93. The minimum atomic E-state index is -0.436. The summed E-state index contributed by atoms with van der Waals surface area (Å²) in [7, 11) is 1.69. The van der Waals surface area contributed by atoms with Gasteiger partial charge in [0, 0.05) is 6.04 Å². The lowest BCUT2D eigenvalue weighted by atomic mass is 9.84. The number of rotatable bonds is 3. The molecule has 1 heterocycles. The summed E-state index contributed by atoms with van der Waals surface area (Å²) in [6.45, 7) is 7.49. The Balaban J connectivity index is 2.31. The predicted octanol–water partition coefficient (Wildman–Crippen LogP) is 2.78. The number of benzene rings is 1. The summed E-state index contributed by atoms with van der Waals surface area (Å²) < 4.78 is 5.43. The molecular formula is C16H25NO2. The second-order valence-corrected chi connectivity index (χ2v) is 6.36. The molecule has 2 rings (SSSR count). The number of ether oxygens (including phenoxy) is 1. The zero-order chi connectivity index (χ0) is 14.0. The van der Waals surface area contributed by atoms with Gasteiger partial charge in [-0.05, 0) is 48.1 Å². The van der Waals surface area contributed by atoms with Crippen LogP contribution in [0.15, 0.2) is 18.2 Å². The fourth-order valence-corrected chi connectivity index (χ4v) is 2.71. The third-order valence-electron chi connectivity index (χ3n) is 3.85. The molecule has 0 saturated carbocycles. The lowest BCUT2D eigenvalue weighted by Crippen LogP contribution is -2.29. The van der Waals surface area contributed by atoms with Crippen LogP contribution in [-0.2, 0) is 5.41 Å². The van der Waals surface area contributed by atoms with Gasteiger partial charge >= 0.3 is 0 Å². The normalized spacial score (nSPS) is 21.4. The van der Waals surface area contributed by atoms with Crippen LogP contribution in [0.25, 0.3) is 0 Å². The minimum absolute atomic E-state index is 0.00414. The van der Waals surface area contributed by atoms with E-state index in [1.54, 1.807) is 7.11 Å². The van der Waals surface area contributed by atoms with Gasteiger partial charge in [0.2, 0.25) is 0 Å². The quantitative estimate of drug-likeness (QED) is 0.881. The van der Waals surface area contributed by atoms with E-state index in [1.807, 2.05) is 12.1 Å². The second kappa shape index (κ2) is 5.51. The molecule has 0 radical (unpaired) electrons. The van der Waals surface area contributed by atoms with Crippen LogP contribution in [0.5, 0.6) is 5.75 Å². The standard InChI is InChI=1S/C16H25NO2/c1-16(2,3)12-10-11(7-8-14(12)19-4)15(18)13-6-5-9-17-13/h7-8,10,13,15,17-18H,5-6,9H2,1-4H3. The van der Waals surface area contributed by atoms with Crippen LogP contribution in [0.3, 0.4) is 0 Å². The van der Waals surface area contributed by atoms with Crippen LogP contribution >= 0.6 is 0 Å². The molecule has 1 aromatic carbocycles. The van der Waals surface area contributed by atoms with E-state index in [1.165, 1.54) is 0 Å². The molecule has 0 aromatic heterocycles. The van der Waals surface area contributed by atoms with Gasteiger partial charge in [0.05, 0.1) is 13.2 Å². The Morgan fingerprint density at radius 2 is 2.11 bits per heavy atom. The Labute approximate surface area is 116 Å². The Hall–Kier alpha value is -1.06. The third kappa shape index (κ3) is 3.10. The van der Waals surface area contributed by atoms with E-state index in [9.17, 15) is 5.11 Å². The molecule has 0 spiro atoms. The number of nitrogens with one attached hydrogen (secondary N) is 1. The van der Waals surface area contributed by atoms with Crippen LogP contribution in [-0.4, -0.2) is 24.8 Å². The highest BCUT2D eigenvalue weighted by Crippen LogP contribution is 2.34. The molecule has 1 aliphatic heterocycles. The Kier molecular flexibility index (Phi) is 4.16. The van der Waals surface area contributed by atoms with Crippen molar-refractivity contribution >= 4 is 0 Å². The Morgan fingerprint density at radius 1 is 1.37 bits per heavy atom. The molecular weight excluding hydrogens is 238 g/mol.